The smallest absolute Gasteiger partial charge is 0.314 e. The second kappa shape index (κ2) is 9.90. The summed E-state index contributed by atoms with van der Waals surface area (Å²) in [7, 11) is 0. The number of hydrogen-bond donors (Lipinski definition) is 2. The number of carbonyl (C=O) groups is 2. The number of likely N-dealkylation sites (tertiary alicyclic amines) is 1. The van der Waals surface area contributed by atoms with Crippen molar-refractivity contribution in [3.8, 4) is 0 Å². The van der Waals surface area contributed by atoms with Crippen molar-refractivity contribution in [2.24, 2.45) is 0 Å². The average molecular weight is 335 g/mol. The van der Waals surface area contributed by atoms with Crippen LogP contribution in [0.15, 0.2) is 24.3 Å². The van der Waals surface area contributed by atoms with Gasteiger partial charge in [-0.3, -0.25) is 4.79 Å². The van der Waals surface area contributed by atoms with E-state index in [-0.39, 0.29) is 17.8 Å². The molecular weight excluding hydrogens is 309 g/mol. The molecule has 1 aliphatic heterocycles. The molecule has 3 amide bonds. The van der Waals surface area contributed by atoms with E-state index < -0.39 is 0 Å². The molecule has 1 aliphatic rings. The molecule has 1 aromatic rings. The first-order chi connectivity index (χ1) is 11.6. The van der Waals surface area contributed by atoms with E-state index in [1.165, 1.54) is 12.1 Å². The van der Waals surface area contributed by atoms with E-state index in [1.807, 2.05) is 11.0 Å². The summed E-state index contributed by atoms with van der Waals surface area (Å²) in [4.78, 5) is 25.4. The summed E-state index contributed by atoms with van der Waals surface area (Å²) in [6.07, 6.45) is 5.17. The van der Waals surface area contributed by atoms with Gasteiger partial charge in [-0.05, 0) is 43.4 Å². The molecule has 2 rings (SSSR count). The van der Waals surface area contributed by atoms with Crippen LogP contribution in [0.3, 0.4) is 0 Å². The van der Waals surface area contributed by atoms with E-state index in [1.54, 1.807) is 6.07 Å². The molecule has 0 atom stereocenters. The Balaban J connectivity index is 1.55. The van der Waals surface area contributed by atoms with Crippen molar-refractivity contribution >= 4 is 11.9 Å². The molecule has 0 saturated carbocycles. The maximum absolute atomic E-state index is 13.0. The summed E-state index contributed by atoms with van der Waals surface area (Å²) in [5.41, 5.74) is 0.856. The molecule has 1 saturated heterocycles. The molecule has 1 heterocycles. The van der Waals surface area contributed by atoms with Crippen LogP contribution in [0.5, 0.6) is 0 Å². The Hall–Kier alpha value is -2.11. The van der Waals surface area contributed by atoms with Crippen LogP contribution >= 0.6 is 0 Å². The second-order valence-corrected chi connectivity index (χ2v) is 6.11. The first-order valence-corrected chi connectivity index (χ1v) is 8.69. The van der Waals surface area contributed by atoms with Crippen molar-refractivity contribution < 1.29 is 14.0 Å². The molecule has 132 valence electrons. The van der Waals surface area contributed by atoms with Gasteiger partial charge in [0.05, 0.1) is 0 Å². The van der Waals surface area contributed by atoms with Gasteiger partial charge in [0.1, 0.15) is 5.82 Å². The topological polar surface area (TPSA) is 61.4 Å². The van der Waals surface area contributed by atoms with Crippen molar-refractivity contribution in [1.82, 2.24) is 15.5 Å². The van der Waals surface area contributed by atoms with Crippen molar-refractivity contribution in [2.45, 2.75) is 38.5 Å². The van der Waals surface area contributed by atoms with E-state index in [4.69, 9.17) is 0 Å². The Morgan fingerprint density at radius 2 is 2.00 bits per heavy atom. The Morgan fingerprint density at radius 1 is 1.17 bits per heavy atom. The Morgan fingerprint density at radius 3 is 2.83 bits per heavy atom. The van der Waals surface area contributed by atoms with Crippen molar-refractivity contribution in [2.75, 3.05) is 26.2 Å². The molecule has 0 aromatic heterocycles. The van der Waals surface area contributed by atoms with Crippen LogP contribution in [-0.4, -0.2) is 43.0 Å². The normalized spacial score (nSPS) is 15.0. The van der Waals surface area contributed by atoms with Crippen LogP contribution in [0.1, 0.15) is 37.7 Å². The number of rotatable bonds is 7. The number of amides is 3. The molecular formula is C18H26FN3O2. The minimum atomic E-state index is -0.264. The van der Waals surface area contributed by atoms with E-state index in [9.17, 15) is 14.0 Å². The third-order valence-corrected chi connectivity index (χ3v) is 4.15. The average Bonchev–Trinajstić information content (AvgIpc) is 2.76. The maximum Gasteiger partial charge on any atom is 0.314 e. The zero-order valence-electron chi connectivity index (χ0n) is 14.0. The SMILES string of the molecule is O=C(NCCCN1CCCCCC1=O)NCCc1cccc(F)c1. The highest BCUT2D eigenvalue weighted by molar-refractivity contribution is 5.76. The summed E-state index contributed by atoms with van der Waals surface area (Å²) >= 11 is 0. The van der Waals surface area contributed by atoms with Crippen molar-refractivity contribution in [3.63, 3.8) is 0 Å². The minimum Gasteiger partial charge on any atom is -0.343 e. The van der Waals surface area contributed by atoms with Gasteiger partial charge in [0.2, 0.25) is 5.91 Å². The summed E-state index contributed by atoms with van der Waals surface area (Å²) in [5, 5.41) is 5.54. The third-order valence-electron chi connectivity index (χ3n) is 4.15. The molecule has 0 bridgehead atoms. The molecule has 5 nitrogen and oxygen atoms in total. The first kappa shape index (κ1) is 18.2. The fourth-order valence-electron chi connectivity index (χ4n) is 2.82. The zero-order chi connectivity index (χ0) is 17.2. The number of benzene rings is 1. The van der Waals surface area contributed by atoms with E-state index >= 15 is 0 Å². The fourth-order valence-corrected chi connectivity index (χ4v) is 2.82. The van der Waals surface area contributed by atoms with Gasteiger partial charge in [-0.2, -0.15) is 0 Å². The third kappa shape index (κ3) is 6.56. The molecule has 1 fully saturated rings. The van der Waals surface area contributed by atoms with E-state index in [0.29, 0.717) is 32.5 Å². The molecule has 2 N–H and O–H groups in total. The van der Waals surface area contributed by atoms with Gasteiger partial charge in [-0.25, -0.2) is 9.18 Å². The molecule has 1 aromatic carbocycles. The van der Waals surface area contributed by atoms with Crippen molar-refractivity contribution in [1.29, 1.82) is 0 Å². The molecule has 0 unspecified atom stereocenters. The lowest BCUT2D eigenvalue weighted by molar-refractivity contribution is -0.130. The van der Waals surface area contributed by atoms with E-state index in [2.05, 4.69) is 10.6 Å². The van der Waals surface area contributed by atoms with Crippen LogP contribution in [0.4, 0.5) is 9.18 Å². The van der Waals surface area contributed by atoms with Gasteiger partial charge in [-0.1, -0.05) is 18.6 Å². The predicted molar refractivity (Wildman–Crippen MR) is 91.2 cm³/mol. The van der Waals surface area contributed by atoms with Gasteiger partial charge >= 0.3 is 6.03 Å². The predicted octanol–water partition coefficient (Wildman–Crippen LogP) is 2.46. The minimum absolute atomic E-state index is 0.228. The molecule has 0 spiro atoms. The molecule has 0 aliphatic carbocycles. The highest BCUT2D eigenvalue weighted by Gasteiger charge is 2.15. The Labute approximate surface area is 142 Å². The number of hydrogen-bond acceptors (Lipinski definition) is 2. The van der Waals surface area contributed by atoms with Gasteiger partial charge < -0.3 is 15.5 Å². The van der Waals surface area contributed by atoms with Crippen molar-refractivity contribution in [3.05, 3.63) is 35.6 Å². The Kier molecular flexibility index (Phi) is 7.52. The number of urea groups is 1. The number of nitrogens with zero attached hydrogens (tertiary/aromatic N) is 1. The first-order valence-electron chi connectivity index (χ1n) is 8.69. The van der Waals surface area contributed by atoms with Gasteiger partial charge in [0, 0.05) is 32.6 Å². The quantitative estimate of drug-likeness (QED) is 0.752. The summed E-state index contributed by atoms with van der Waals surface area (Å²) in [6, 6.07) is 6.14. The summed E-state index contributed by atoms with van der Waals surface area (Å²) < 4.78 is 13.0. The monoisotopic (exact) mass is 335 g/mol. The highest BCUT2D eigenvalue weighted by atomic mass is 19.1. The lowest BCUT2D eigenvalue weighted by Gasteiger charge is -2.20. The van der Waals surface area contributed by atoms with Gasteiger partial charge in [0.25, 0.3) is 0 Å². The van der Waals surface area contributed by atoms with E-state index in [0.717, 1.165) is 37.8 Å². The lowest BCUT2D eigenvalue weighted by Crippen LogP contribution is -2.39. The van der Waals surface area contributed by atoms with Crippen LogP contribution in [0, 0.1) is 5.82 Å². The molecule has 0 radical (unpaired) electrons. The summed E-state index contributed by atoms with van der Waals surface area (Å²) in [6.45, 7) is 2.52. The Bertz CT molecular complexity index is 551. The van der Waals surface area contributed by atoms with Gasteiger partial charge in [0.15, 0.2) is 0 Å². The maximum atomic E-state index is 13.0. The number of halogens is 1. The largest absolute Gasteiger partial charge is 0.343 e. The van der Waals surface area contributed by atoms with Crippen LogP contribution in [-0.2, 0) is 11.2 Å². The number of nitrogens with one attached hydrogen (secondary N) is 2. The standard InChI is InChI=1S/C18H26FN3O2/c19-16-7-4-6-15(14-16)9-11-21-18(24)20-10-5-13-22-12-3-1-2-8-17(22)23/h4,6-7,14H,1-3,5,8-13H2,(H2,20,21,24). The van der Waals surface area contributed by atoms with Gasteiger partial charge in [-0.15, -0.1) is 0 Å². The second-order valence-electron chi connectivity index (χ2n) is 6.11. The zero-order valence-corrected chi connectivity index (χ0v) is 14.0. The highest BCUT2D eigenvalue weighted by Crippen LogP contribution is 2.11. The molecule has 6 heteroatoms. The number of carbonyl (C=O) groups excluding carboxylic acids is 2. The van der Waals surface area contributed by atoms with Crippen LogP contribution in [0.25, 0.3) is 0 Å². The lowest BCUT2D eigenvalue weighted by atomic mass is 10.1. The van der Waals surface area contributed by atoms with Crippen LogP contribution in [0.2, 0.25) is 0 Å². The van der Waals surface area contributed by atoms with Crippen LogP contribution < -0.4 is 10.6 Å². The molecule has 24 heavy (non-hydrogen) atoms. The summed E-state index contributed by atoms with van der Waals surface area (Å²) in [5.74, 6) is -0.0351. The fraction of sp³-hybridized carbons (Fsp3) is 0.556.